The van der Waals surface area contributed by atoms with Crippen LogP contribution in [0, 0.1) is 11.8 Å². The molecule has 18 heavy (non-hydrogen) atoms. The van der Waals surface area contributed by atoms with Crippen molar-refractivity contribution in [1.82, 2.24) is 0 Å². The van der Waals surface area contributed by atoms with E-state index in [1.54, 1.807) is 0 Å². The molecule has 0 bridgehead atoms. The van der Waals surface area contributed by atoms with Crippen molar-refractivity contribution in [1.29, 1.82) is 0 Å². The Balaban J connectivity index is 2.91. The first-order valence-electron chi connectivity index (χ1n) is 6.72. The number of alkyl halides is 1. The minimum atomic E-state index is -0.969. The summed E-state index contributed by atoms with van der Waals surface area (Å²) < 4.78 is 14.4. The molecule has 0 saturated heterocycles. The molecule has 0 heterocycles. The van der Waals surface area contributed by atoms with Crippen molar-refractivity contribution < 1.29 is 4.39 Å². The molecule has 0 amide bonds. The Labute approximate surface area is 111 Å². The number of nitrogens with two attached hydrogens (primary N) is 1. The van der Waals surface area contributed by atoms with E-state index >= 15 is 0 Å². The molecule has 0 aliphatic carbocycles. The van der Waals surface area contributed by atoms with Crippen LogP contribution in [0.15, 0.2) is 24.3 Å². The molecule has 2 heteroatoms. The zero-order valence-corrected chi connectivity index (χ0v) is 12.2. The quantitative estimate of drug-likeness (QED) is 0.851. The van der Waals surface area contributed by atoms with Crippen LogP contribution in [0.5, 0.6) is 0 Å². The average molecular weight is 251 g/mol. The molecule has 0 spiro atoms. The lowest BCUT2D eigenvalue weighted by molar-refractivity contribution is 0.188. The van der Waals surface area contributed by atoms with Crippen LogP contribution >= 0.6 is 0 Å². The lowest BCUT2D eigenvalue weighted by Gasteiger charge is -2.24. The Bertz CT molecular complexity index is 362. The average Bonchev–Trinajstić information content (AvgIpc) is 2.28. The smallest absolute Gasteiger partial charge is 0.129 e. The highest BCUT2D eigenvalue weighted by molar-refractivity contribution is 5.29. The molecule has 1 nitrogen and oxygen atoms in total. The van der Waals surface area contributed by atoms with E-state index in [1.165, 1.54) is 5.56 Å². The third-order valence-electron chi connectivity index (χ3n) is 3.60. The summed E-state index contributed by atoms with van der Waals surface area (Å²) in [5.41, 5.74) is 7.75. The lowest BCUT2D eigenvalue weighted by Crippen LogP contribution is -2.24. The Morgan fingerprint density at radius 3 is 1.94 bits per heavy atom. The number of hydrogen-bond donors (Lipinski definition) is 1. The predicted octanol–water partition coefficient (Wildman–Crippen LogP) is 4.23. The predicted molar refractivity (Wildman–Crippen MR) is 76.4 cm³/mol. The molecule has 0 aromatic heterocycles. The maximum absolute atomic E-state index is 14.4. The normalized spacial score (nSPS) is 15.8. The Kier molecular flexibility index (Phi) is 4.92. The monoisotopic (exact) mass is 251 g/mol. The number of rotatable bonds is 4. The molecule has 0 saturated carbocycles. The first-order chi connectivity index (χ1) is 8.27. The number of halogens is 1. The molecular weight excluding hydrogens is 225 g/mol. The van der Waals surface area contributed by atoms with Crippen LogP contribution in [0.2, 0.25) is 0 Å². The fourth-order valence-electron chi connectivity index (χ4n) is 2.14. The van der Waals surface area contributed by atoms with Crippen molar-refractivity contribution in [2.24, 2.45) is 17.6 Å². The van der Waals surface area contributed by atoms with Gasteiger partial charge in [0.2, 0.25) is 0 Å². The highest BCUT2D eigenvalue weighted by Gasteiger charge is 2.25. The topological polar surface area (TPSA) is 26.0 Å². The van der Waals surface area contributed by atoms with Gasteiger partial charge in [-0.05, 0) is 29.0 Å². The first kappa shape index (κ1) is 15.2. The summed E-state index contributed by atoms with van der Waals surface area (Å²) in [6.07, 6.45) is -0.969. The molecule has 102 valence electrons. The van der Waals surface area contributed by atoms with Crippen LogP contribution in [0.25, 0.3) is 0 Å². The second kappa shape index (κ2) is 5.83. The van der Waals surface area contributed by atoms with E-state index in [2.05, 4.69) is 20.8 Å². The molecule has 2 N–H and O–H groups in total. The van der Waals surface area contributed by atoms with Crippen LogP contribution in [-0.2, 0) is 5.41 Å². The molecule has 0 radical (unpaired) electrons. The Morgan fingerprint density at radius 2 is 1.61 bits per heavy atom. The van der Waals surface area contributed by atoms with E-state index in [9.17, 15) is 4.39 Å². The van der Waals surface area contributed by atoms with Crippen LogP contribution in [0.1, 0.15) is 51.9 Å². The van der Waals surface area contributed by atoms with Crippen molar-refractivity contribution in [3.8, 4) is 0 Å². The van der Waals surface area contributed by atoms with Gasteiger partial charge in [0.25, 0.3) is 0 Å². The second-order valence-corrected chi connectivity index (χ2v) is 6.42. The fraction of sp³-hybridized carbons (Fsp3) is 0.625. The molecule has 1 aromatic carbocycles. The van der Waals surface area contributed by atoms with Gasteiger partial charge in [0.15, 0.2) is 0 Å². The summed E-state index contributed by atoms with van der Waals surface area (Å²) >= 11 is 0. The molecule has 0 fully saturated rings. The molecule has 0 aliphatic rings. The van der Waals surface area contributed by atoms with Gasteiger partial charge in [-0.1, -0.05) is 58.9 Å². The first-order valence-corrected chi connectivity index (χ1v) is 6.72. The fourth-order valence-corrected chi connectivity index (χ4v) is 2.14. The Morgan fingerprint density at radius 1 is 1.11 bits per heavy atom. The van der Waals surface area contributed by atoms with Crippen molar-refractivity contribution in [2.45, 2.75) is 46.2 Å². The van der Waals surface area contributed by atoms with Gasteiger partial charge in [-0.25, -0.2) is 4.39 Å². The number of benzene rings is 1. The van der Waals surface area contributed by atoms with Crippen LogP contribution in [-0.4, -0.2) is 6.54 Å². The zero-order chi connectivity index (χ0) is 13.9. The highest BCUT2D eigenvalue weighted by atomic mass is 19.1. The zero-order valence-electron chi connectivity index (χ0n) is 12.2. The maximum atomic E-state index is 14.4. The standard InChI is InChI=1S/C16H26FN/c1-11(2)14(10-18)15(17)12-6-8-13(9-7-12)16(3,4)5/h6-9,11,14-15H,10,18H2,1-5H3. The van der Waals surface area contributed by atoms with Gasteiger partial charge in [0, 0.05) is 5.92 Å². The molecule has 1 aromatic rings. The maximum Gasteiger partial charge on any atom is 0.129 e. The van der Waals surface area contributed by atoms with E-state index in [0.717, 1.165) is 5.56 Å². The van der Waals surface area contributed by atoms with Crippen molar-refractivity contribution in [3.05, 3.63) is 35.4 Å². The van der Waals surface area contributed by atoms with E-state index in [0.29, 0.717) is 6.54 Å². The summed E-state index contributed by atoms with van der Waals surface area (Å²) in [4.78, 5) is 0. The van der Waals surface area contributed by atoms with E-state index in [-0.39, 0.29) is 17.3 Å². The van der Waals surface area contributed by atoms with Crippen LogP contribution in [0.3, 0.4) is 0 Å². The van der Waals surface area contributed by atoms with Gasteiger partial charge < -0.3 is 5.73 Å². The lowest BCUT2D eigenvalue weighted by atomic mass is 9.84. The van der Waals surface area contributed by atoms with E-state index < -0.39 is 6.17 Å². The summed E-state index contributed by atoms with van der Waals surface area (Å²) in [7, 11) is 0. The van der Waals surface area contributed by atoms with Gasteiger partial charge in [-0.3, -0.25) is 0 Å². The highest BCUT2D eigenvalue weighted by Crippen LogP contribution is 2.32. The number of hydrogen-bond acceptors (Lipinski definition) is 1. The van der Waals surface area contributed by atoms with Gasteiger partial charge in [0.05, 0.1) is 0 Å². The van der Waals surface area contributed by atoms with Gasteiger partial charge in [-0.15, -0.1) is 0 Å². The molecule has 2 unspecified atom stereocenters. The van der Waals surface area contributed by atoms with Gasteiger partial charge >= 0.3 is 0 Å². The molecular formula is C16H26FN. The van der Waals surface area contributed by atoms with Crippen molar-refractivity contribution in [2.75, 3.05) is 6.54 Å². The third kappa shape index (κ3) is 3.55. The van der Waals surface area contributed by atoms with Crippen LogP contribution < -0.4 is 5.73 Å². The van der Waals surface area contributed by atoms with E-state index in [4.69, 9.17) is 5.73 Å². The minimum Gasteiger partial charge on any atom is -0.330 e. The van der Waals surface area contributed by atoms with Gasteiger partial charge in [-0.2, -0.15) is 0 Å². The SMILES string of the molecule is CC(C)C(CN)C(F)c1ccc(C(C)(C)C)cc1. The molecule has 1 rings (SSSR count). The second-order valence-electron chi connectivity index (χ2n) is 6.42. The van der Waals surface area contributed by atoms with Crippen LogP contribution in [0.4, 0.5) is 4.39 Å². The summed E-state index contributed by atoms with van der Waals surface area (Å²) in [5, 5.41) is 0. The summed E-state index contributed by atoms with van der Waals surface area (Å²) in [6.45, 7) is 10.9. The van der Waals surface area contributed by atoms with Gasteiger partial charge in [0.1, 0.15) is 6.17 Å². The molecule has 2 atom stereocenters. The molecule has 0 aliphatic heterocycles. The minimum absolute atomic E-state index is 0.106. The summed E-state index contributed by atoms with van der Waals surface area (Å²) in [6, 6.07) is 7.85. The summed E-state index contributed by atoms with van der Waals surface area (Å²) in [5.74, 6) is 0.151. The van der Waals surface area contributed by atoms with Crippen molar-refractivity contribution in [3.63, 3.8) is 0 Å². The largest absolute Gasteiger partial charge is 0.330 e. The van der Waals surface area contributed by atoms with Crippen molar-refractivity contribution >= 4 is 0 Å². The third-order valence-corrected chi connectivity index (χ3v) is 3.60. The Hall–Kier alpha value is -0.890. The van der Waals surface area contributed by atoms with E-state index in [1.807, 2.05) is 38.1 Å².